The fourth-order valence-corrected chi connectivity index (χ4v) is 1.97. The molecule has 1 aliphatic rings. The van der Waals surface area contributed by atoms with Crippen LogP contribution in [-0.4, -0.2) is 27.7 Å². The highest BCUT2D eigenvalue weighted by Crippen LogP contribution is 2.22. The van der Waals surface area contributed by atoms with E-state index in [0.29, 0.717) is 0 Å². The zero-order valence-corrected chi connectivity index (χ0v) is 8.35. The highest BCUT2D eigenvalue weighted by atomic mass is 15.2. The van der Waals surface area contributed by atoms with Crippen molar-refractivity contribution in [3.63, 3.8) is 0 Å². The molecule has 0 aromatic carbocycles. The Morgan fingerprint density at radius 3 is 3.27 bits per heavy atom. The van der Waals surface area contributed by atoms with Gasteiger partial charge in [0, 0.05) is 18.3 Å². The summed E-state index contributed by atoms with van der Waals surface area (Å²) in [5, 5.41) is 11.4. The van der Waals surface area contributed by atoms with Crippen LogP contribution in [0.4, 0.5) is 0 Å². The molecule has 1 aliphatic heterocycles. The quantitative estimate of drug-likeness (QED) is 0.749. The number of rotatable bonds is 1. The summed E-state index contributed by atoms with van der Waals surface area (Å²) in [4.78, 5) is 0. The maximum absolute atomic E-state index is 4.15. The van der Waals surface area contributed by atoms with Gasteiger partial charge in [0.2, 0.25) is 0 Å². The Hall–Kier alpha value is -1.68. The van der Waals surface area contributed by atoms with Crippen molar-refractivity contribution in [1.82, 2.24) is 19.9 Å². The number of nitrogens with zero attached hydrogens (tertiary/aromatic N) is 3. The highest BCUT2D eigenvalue weighted by Gasteiger charge is 2.10. The first-order valence-electron chi connectivity index (χ1n) is 5.13. The lowest BCUT2D eigenvalue weighted by Crippen LogP contribution is -2.20. The van der Waals surface area contributed by atoms with Crippen molar-refractivity contribution in [3.8, 4) is 0 Å². The molecule has 2 aromatic heterocycles. The average molecular weight is 200 g/mol. The summed E-state index contributed by atoms with van der Waals surface area (Å²) in [5.74, 6) is 0. The van der Waals surface area contributed by atoms with Crippen molar-refractivity contribution < 1.29 is 0 Å². The van der Waals surface area contributed by atoms with Crippen LogP contribution < -0.4 is 5.32 Å². The molecule has 4 heteroatoms. The van der Waals surface area contributed by atoms with Crippen LogP contribution in [0.2, 0.25) is 0 Å². The summed E-state index contributed by atoms with van der Waals surface area (Å²) in [6.45, 7) is 1.99. The smallest absolute Gasteiger partial charge is 0.168 e. The highest BCUT2D eigenvalue weighted by molar-refractivity contribution is 5.76. The molecule has 0 radical (unpaired) electrons. The van der Waals surface area contributed by atoms with Gasteiger partial charge in [-0.2, -0.15) is 0 Å². The van der Waals surface area contributed by atoms with Crippen LogP contribution in [0.1, 0.15) is 12.0 Å². The summed E-state index contributed by atoms with van der Waals surface area (Å²) in [7, 11) is 0. The molecule has 2 aromatic rings. The number of pyridine rings is 1. The Labute approximate surface area is 87.6 Å². The van der Waals surface area contributed by atoms with E-state index in [1.807, 2.05) is 16.7 Å². The maximum atomic E-state index is 4.15. The first-order valence-corrected chi connectivity index (χ1v) is 5.13. The van der Waals surface area contributed by atoms with Gasteiger partial charge >= 0.3 is 0 Å². The molecular weight excluding hydrogens is 188 g/mol. The van der Waals surface area contributed by atoms with E-state index in [1.54, 1.807) is 6.33 Å². The van der Waals surface area contributed by atoms with Crippen molar-refractivity contribution in [2.24, 2.45) is 0 Å². The molecule has 0 bridgehead atoms. The molecule has 76 valence electrons. The second-order valence-corrected chi connectivity index (χ2v) is 3.67. The summed E-state index contributed by atoms with van der Waals surface area (Å²) in [6, 6.07) is 4.15. The Morgan fingerprint density at radius 1 is 1.40 bits per heavy atom. The Bertz CT molecular complexity index is 512. The Kier molecular flexibility index (Phi) is 1.99. The lowest BCUT2D eigenvalue weighted by molar-refractivity contribution is 0.738. The lowest BCUT2D eigenvalue weighted by Gasteiger charge is -2.14. The van der Waals surface area contributed by atoms with Crippen LogP contribution in [-0.2, 0) is 0 Å². The van der Waals surface area contributed by atoms with E-state index in [9.17, 15) is 0 Å². The minimum atomic E-state index is 0.949. The lowest BCUT2D eigenvalue weighted by atomic mass is 10.0. The van der Waals surface area contributed by atoms with Gasteiger partial charge in [0.05, 0.1) is 0 Å². The van der Waals surface area contributed by atoms with Crippen LogP contribution in [0.15, 0.2) is 30.7 Å². The second-order valence-electron chi connectivity index (χ2n) is 3.67. The van der Waals surface area contributed by atoms with E-state index >= 15 is 0 Å². The summed E-state index contributed by atoms with van der Waals surface area (Å²) < 4.78 is 1.96. The normalized spacial score (nSPS) is 16.7. The predicted molar refractivity (Wildman–Crippen MR) is 58.5 cm³/mol. The average Bonchev–Trinajstić information content (AvgIpc) is 2.78. The number of fused-ring (bicyclic) bond motifs is 1. The van der Waals surface area contributed by atoms with Crippen LogP contribution >= 0.6 is 0 Å². The molecule has 0 saturated carbocycles. The molecular formula is C11H12N4. The minimum Gasteiger partial charge on any atom is -0.313 e. The molecule has 3 heterocycles. The van der Waals surface area contributed by atoms with Gasteiger partial charge in [0.15, 0.2) is 5.65 Å². The predicted octanol–water partition coefficient (Wildman–Crippen LogP) is 1.11. The first-order chi connectivity index (χ1) is 7.45. The van der Waals surface area contributed by atoms with Crippen LogP contribution in [0, 0.1) is 0 Å². The zero-order chi connectivity index (χ0) is 10.1. The van der Waals surface area contributed by atoms with E-state index in [1.165, 1.54) is 11.1 Å². The number of nitrogens with one attached hydrogen (secondary N) is 1. The van der Waals surface area contributed by atoms with Gasteiger partial charge in [-0.3, -0.25) is 4.40 Å². The van der Waals surface area contributed by atoms with Gasteiger partial charge in [0.25, 0.3) is 0 Å². The molecule has 0 unspecified atom stereocenters. The van der Waals surface area contributed by atoms with Gasteiger partial charge in [-0.25, -0.2) is 0 Å². The molecule has 3 rings (SSSR count). The van der Waals surface area contributed by atoms with E-state index in [-0.39, 0.29) is 0 Å². The Morgan fingerprint density at radius 2 is 2.40 bits per heavy atom. The standard InChI is InChI=1S/C11H12N4/c1-2-10(9-3-5-12-6-4-9)11-14-13-8-15(11)7-1/h1-3,7-8,12H,4-6H2. The van der Waals surface area contributed by atoms with Crippen LogP contribution in [0.25, 0.3) is 11.2 Å². The SMILES string of the molecule is C1=C(c2cccn3cnnc23)CCNC1. The van der Waals surface area contributed by atoms with E-state index in [2.05, 4.69) is 27.7 Å². The number of hydrogen-bond donors (Lipinski definition) is 1. The first kappa shape index (κ1) is 8.61. The van der Waals surface area contributed by atoms with Gasteiger partial charge in [0.1, 0.15) is 6.33 Å². The molecule has 1 N–H and O–H groups in total. The molecule has 0 saturated heterocycles. The third kappa shape index (κ3) is 1.43. The van der Waals surface area contributed by atoms with Crippen LogP contribution in [0.5, 0.6) is 0 Å². The summed E-state index contributed by atoms with van der Waals surface area (Å²) in [5.41, 5.74) is 3.52. The van der Waals surface area contributed by atoms with Crippen molar-refractivity contribution in [2.45, 2.75) is 6.42 Å². The molecule has 4 nitrogen and oxygen atoms in total. The van der Waals surface area contributed by atoms with Gasteiger partial charge in [-0.1, -0.05) is 6.08 Å². The van der Waals surface area contributed by atoms with Crippen molar-refractivity contribution in [1.29, 1.82) is 0 Å². The molecule has 0 atom stereocenters. The van der Waals surface area contributed by atoms with Gasteiger partial charge in [-0.05, 0) is 30.7 Å². The van der Waals surface area contributed by atoms with E-state index in [0.717, 1.165) is 25.2 Å². The van der Waals surface area contributed by atoms with Crippen molar-refractivity contribution in [3.05, 3.63) is 36.3 Å². The van der Waals surface area contributed by atoms with Gasteiger partial charge < -0.3 is 5.32 Å². The van der Waals surface area contributed by atoms with Crippen molar-refractivity contribution in [2.75, 3.05) is 13.1 Å². The van der Waals surface area contributed by atoms with E-state index in [4.69, 9.17) is 0 Å². The number of aromatic nitrogens is 3. The molecule has 0 aliphatic carbocycles. The molecule has 0 fully saturated rings. The summed E-state index contributed by atoms with van der Waals surface area (Å²) in [6.07, 6.45) is 7.00. The second kappa shape index (κ2) is 3.47. The number of hydrogen-bond acceptors (Lipinski definition) is 3. The third-order valence-corrected chi connectivity index (χ3v) is 2.73. The fraction of sp³-hybridized carbons (Fsp3) is 0.273. The minimum absolute atomic E-state index is 0.949. The molecule has 15 heavy (non-hydrogen) atoms. The molecule has 0 amide bonds. The van der Waals surface area contributed by atoms with Crippen molar-refractivity contribution >= 4 is 11.2 Å². The van der Waals surface area contributed by atoms with Crippen LogP contribution in [0.3, 0.4) is 0 Å². The maximum Gasteiger partial charge on any atom is 0.168 e. The largest absolute Gasteiger partial charge is 0.313 e. The topological polar surface area (TPSA) is 42.2 Å². The Balaban J connectivity index is 2.17. The van der Waals surface area contributed by atoms with E-state index < -0.39 is 0 Å². The zero-order valence-electron chi connectivity index (χ0n) is 8.35. The fourth-order valence-electron chi connectivity index (χ4n) is 1.97. The summed E-state index contributed by atoms with van der Waals surface area (Å²) >= 11 is 0. The third-order valence-electron chi connectivity index (χ3n) is 2.73. The molecule has 0 spiro atoms. The van der Waals surface area contributed by atoms with Gasteiger partial charge in [-0.15, -0.1) is 10.2 Å². The monoisotopic (exact) mass is 200 g/mol.